The summed E-state index contributed by atoms with van der Waals surface area (Å²) in [5.41, 5.74) is -0.303. The smallest absolute Gasteiger partial charge is 0.103 e. The molecule has 0 aromatic heterocycles. The SMILES string of the molecule is CC(C)N1CCN(C(C)(C)C#N)CC1. The Morgan fingerprint density at radius 3 is 2.00 bits per heavy atom. The Hall–Kier alpha value is -0.590. The van der Waals surface area contributed by atoms with Gasteiger partial charge in [-0.2, -0.15) is 5.26 Å². The van der Waals surface area contributed by atoms with E-state index in [-0.39, 0.29) is 5.54 Å². The van der Waals surface area contributed by atoms with Crippen LogP contribution in [0, 0.1) is 11.3 Å². The number of rotatable bonds is 2. The van der Waals surface area contributed by atoms with E-state index in [1.54, 1.807) is 0 Å². The fourth-order valence-corrected chi connectivity index (χ4v) is 1.87. The zero-order chi connectivity index (χ0) is 10.8. The van der Waals surface area contributed by atoms with Crippen LogP contribution in [0.1, 0.15) is 27.7 Å². The van der Waals surface area contributed by atoms with E-state index in [1.165, 1.54) is 0 Å². The average molecular weight is 195 g/mol. The molecule has 0 unspecified atom stereocenters. The molecule has 0 aromatic carbocycles. The summed E-state index contributed by atoms with van der Waals surface area (Å²) >= 11 is 0. The summed E-state index contributed by atoms with van der Waals surface area (Å²) in [6.45, 7) is 12.6. The van der Waals surface area contributed by atoms with Crippen LogP contribution in [-0.4, -0.2) is 47.6 Å². The Balaban J connectivity index is 2.48. The summed E-state index contributed by atoms with van der Waals surface area (Å²) in [5, 5.41) is 9.02. The predicted octanol–water partition coefficient (Wildman–Crippen LogP) is 1.31. The maximum atomic E-state index is 9.02. The van der Waals surface area contributed by atoms with Gasteiger partial charge >= 0.3 is 0 Å². The van der Waals surface area contributed by atoms with E-state index >= 15 is 0 Å². The van der Waals surface area contributed by atoms with Crippen molar-refractivity contribution in [1.82, 2.24) is 9.80 Å². The molecule has 0 N–H and O–H groups in total. The molecule has 0 radical (unpaired) electrons. The first kappa shape index (κ1) is 11.5. The van der Waals surface area contributed by atoms with E-state index in [0.29, 0.717) is 6.04 Å². The minimum atomic E-state index is -0.303. The molecule has 1 fully saturated rings. The van der Waals surface area contributed by atoms with E-state index in [4.69, 9.17) is 5.26 Å². The van der Waals surface area contributed by atoms with Gasteiger partial charge in [0.15, 0.2) is 0 Å². The minimum Gasteiger partial charge on any atom is -0.298 e. The van der Waals surface area contributed by atoms with Gasteiger partial charge in [0.05, 0.1) is 6.07 Å². The Bertz CT molecular complexity index is 219. The van der Waals surface area contributed by atoms with Crippen molar-refractivity contribution in [3.8, 4) is 6.07 Å². The highest BCUT2D eigenvalue weighted by molar-refractivity contribution is 5.02. The van der Waals surface area contributed by atoms with Gasteiger partial charge < -0.3 is 0 Å². The maximum absolute atomic E-state index is 9.02. The molecule has 1 aliphatic rings. The average Bonchev–Trinajstić information content (AvgIpc) is 2.18. The van der Waals surface area contributed by atoms with E-state index in [2.05, 4.69) is 29.7 Å². The van der Waals surface area contributed by atoms with Crippen molar-refractivity contribution in [3.05, 3.63) is 0 Å². The Morgan fingerprint density at radius 2 is 1.64 bits per heavy atom. The van der Waals surface area contributed by atoms with Gasteiger partial charge in [-0.3, -0.25) is 9.80 Å². The largest absolute Gasteiger partial charge is 0.298 e. The summed E-state index contributed by atoms with van der Waals surface area (Å²) in [4.78, 5) is 4.73. The van der Waals surface area contributed by atoms with Crippen molar-refractivity contribution in [2.24, 2.45) is 0 Å². The van der Waals surface area contributed by atoms with Crippen LogP contribution in [0.4, 0.5) is 0 Å². The molecule has 0 spiro atoms. The Labute approximate surface area is 87.3 Å². The summed E-state index contributed by atoms with van der Waals surface area (Å²) in [5.74, 6) is 0. The van der Waals surface area contributed by atoms with Gasteiger partial charge in [0.1, 0.15) is 5.54 Å². The van der Waals surface area contributed by atoms with Gasteiger partial charge in [-0.25, -0.2) is 0 Å². The first-order valence-corrected chi connectivity index (χ1v) is 5.38. The molecule has 0 aliphatic carbocycles. The lowest BCUT2D eigenvalue weighted by Gasteiger charge is -2.41. The van der Waals surface area contributed by atoms with Gasteiger partial charge in [0, 0.05) is 32.2 Å². The minimum absolute atomic E-state index is 0.303. The molecular weight excluding hydrogens is 174 g/mol. The van der Waals surface area contributed by atoms with Gasteiger partial charge in [-0.1, -0.05) is 0 Å². The highest BCUT2D eigenvalue weighted by atomic mass is 15.3. The molecule has 80 valence electrons. The maximum Gasteiger partial charge on any atom is 0.103 e. The third kappa shape index (κ3) is 2.46. The molecular formula is C11H21N3. The van der Waals surface area contributed by atoms with Crippen molar-refractivity contribution in [2.75, 3.05) is 26.2 Å². The topological polar surface area (TPSA) is 30.3 Å². The van der Waals surface area contributed by atoms with Gasteiger partial charge in [0.25, 0.3) is 0 Å². The third-order valence-electron chi connectivity index (χ3n) is 3.11. The van der Waals surface area contributed by atoms with Crippen LogP contribution in [0.3, 0.4) is 0 Å². The predicted molar refractivity (Wildman–Crippen MR) is 58.0 cm³/mol. The second-order valence-corrected chi connectivity index (χ2v) is 4.79. The lowest BCUT2D eigenvalue weighted by Crippen LogP contribution is -2.55. The van der Waals surface area contributed by atoms with Crippen molar-refractivity contribution >= 4 is 0 Å². The molecule has 1 aliphatic heterocycles. The summed E-state index contributed by atoms with van der Waals surface area (Å²) in [6, 6.07) is 2.99. The molecule has 1 heterocycles. The Morgan fingerprint density at radius 1 is 1.14 bits per heavy atom. The molecule has 1 rings (SSSR count). The van der Waals surface area contributed by atoms with Crippen molar-refractivity contribution < 1.29 is 0 Å². The molecule has 3 nitrogen and oxygen atoms in total. The van der Waals surface area contributed by atoms with Crippen molar-refractivity contribution in [2.45, 2.75) is 39.3 Å². The van der Waals surface area contributed by atoms with Crippen molar-refractivity contribution in [3.63, 3.8) is 0 Å². The van der Waals surface area contributed by atoms with Crippen LogP contribution in [0.25, 0.3) is 0 Å². The number of nitrogens with zero attached hydrogens (tertiary/aromatic N) is 3. The van der Waals surface area contributed by atoms with E-state index in [1.807, 2.05) is 13.8 Å². The van der Waals surface area contributed by atoms with Gasteiger partial charge in [-0.05, 0) is 27.7 Å². The van der Waals surface area contributed by atoms with E-state index < -0.39 is 0 Å². The lowest BCUT2D eigenvalue weighted by atomic mass is 10.0. The Kier molecular flexibility index (Phi) is 3.52. The first-order chi connectivity index (χ1) is 6.47. The molecule has 1 saturated heterocycles. The van der Waals surface area contributed by atoms with Crippen LogP contribution in [0.2, 0.25) is 0 Å². The monoisotopic (exact) mass is 195 g/mol. The van der Waals surface area contributed by atoms with Crippen LogP contribution >= 0.6 is 0 Å². The molecule has 0 atom stereocenters. The quantitative estimate of drug-likeness (QED) is 0.665. The molecule has 14 heavy (non-hydrogen) atoms. The van der Waals surface area contributed by atoms with Crippen molar-refractivity contribution in [1.29, 1.82) is 5.26 Å². The fraction of sp³-hybridized carbons (Fsp3) is 0.909. The molecule has 3 heteroatoms. The second kappa shape index (κ2) is 4.29. The van der Waals surface area contributed by atoms with E-state index in [0.717, 1.165) is 26.2 Å². The van der Waals surface area contributed by atoms with Crippen LogP contribution < -0.4 is 0 Å². The molecule has 0 saturated carbocycles. The zero-order valence-corrected chi connectivity index (χ0v) is 9.75. The highest BCUT2D eigenvalue weighted by Gasteiger charge is 2.29. The second-order valence-electron chi connectivity index (χ2n) is 4.79. The van der Waals surface area contributed by atoms with Crippen LogP contribution in [-0.2, 0) is 0 Å². The third-order valence-corrected chi connectivity index (χ3v) is 3.11. The summed E-state index contributed by atoms with van der Waals surface area (Å²) in [6.07, 6.45) is 0. The number of piperazine rings is 1. The number of hydrogen-bond donors (Lipinski definition) is 0. The highest BCUT2D eigenvalue weighted by Crippen LogP contribution is 2.16. The van der Waals surface area contributed by atoms with Gasteiger partial charge in [-0.15, -0.1) is 0 Å². The molecule has 0 amide bonds. The van der Waals surface area contributed by atoms with Crippen LogP contribution in [0.15, 0.2) is 0 Å². The fourth-order valence-electron chi connectivity index (χ4n) is 1.87. The number of nitriles is 1. The zero-order valence-electron chi connectivity index (χ0n) is 9.75. The van der Waals surface area contributed by atoms with E-state index in [9.17, 15) is 0 Å². The first-order valence-electron chi connectivity index (χ1n) is 5.38. The van der Waals surface area contributed by atoms with Gasteiger partial charge in [0.2, 0.25) is 0 Å². The number of hydrogen-bond acceptors (Lipinski definition) is 3. The standard InChI is InChI=1S/C11H21N3/c1-10(2)13-5-7-14(8-6-13)11(3,4)9-12/h10H,5-8H2,1-4H3. The molecule has 0 aromatic rings. The van der Waals surface area contributed by atoms with Crippen LogP contribution in [0.5, 0.6) is 0 Å². The lowest BCUT2D eigenvalue weighted by molar-refractivity contribution is 0.0645. The molecule has 0 bridgehead atoms. The normalized spacial score (nSPS) is 21.1. The summed E-state index contributed by atoms with van der Waals surface area (Å²) < 4.78 is 0. The summed E-state index contributed by atoms with van der Waals surface area (Å²) in [7, 11) is 0.